The number of unbranched alkanes of at least 4 members (excludes halogenated alkanes) is 2. The summed E-state index contributed by atoms with van der Waals surface area (Å²) in [5.41, 5.74) is 5.79. The average Bonchev–Trinajstić information content (AvgIpc) is 3.03. The van der Waals surface area contributed by atoms with Crippen molar-refractivity contribution in [1.29, 1.82) is 0 Å². The second-order valence-corrected chi connectivity index (χ2v) is 5.80. The minimum atomic E-state index is 0. The van der Waals surface area contributed by atoms with E-state index in [4.69, 9.17) is 0 Å². The molecule has 0 radical (unpaired) electrons. The smallest absolute Gasteiger partial charge is 1.00 e. The van der Waals surface area contributed by atoms with Gasteiger partial charge < -0.3 is 2.85 Å². The molecule has 116 valence electrons. The molecule has 0 fully saturated rings. The molecular formula is C20H32Zr. The van der Waals surface area contributed by atoms with Crippen LogP contribution in [0.15, 0.2) is 36.4 Å². The molecule has 21 heavy (non-hydrogen) atoms. The summed E-state index contributed by atoms with van der Waals surface area (Å²) in [6, 6.07) is 13.4. The molecule has 1 heteroatoms. The predicted octanol–water partition coefficient (Wildman–Crippen LogP) is 6.34. The summed E-state index contributed by atoms with van der Waals surface area (Å²) >= 11 is 0. The van der Waals surface area contributed by atoms with Crippen molar-refractivity contribution in [1.82, 2.24) is 0 Å². The maximum Gasteiger partial charge on any atom is 4.00 e. The van der Waals surface area contributed by atoms with E-state index in [1.807, 2.05) is 0 Å². The van der Waals surface area contributed by atoms with Crippen LogP contribution in [0, 0.1) is 13.8 Å². The van der Waals surface area contributed by atoms with Gasteiger partial charge in [-0.25, -0.2) is 23.3 Å². The van der Waals surface area contributed by atoms with E-state index in [0.717, 1.165) is 0 Å². The maximum absolute atomic E-state index is 2.27. The first-order valence-electron chi connectivity index (χ1n) is 8.10. The van der Waals surface area contributed by atoms with Crippen molar-refractivity contribution in [3.8, 4) is 0 Å². The first kappa shape index (κ1) is 20.6. The molecule has 0 N–H and O–H groups in total. The molecule has 0 unspecified atom stereocenters. The van der Waals surface area contributed by atoms with E-state index in [1.54, 1.807) is 0 Å². The molecule has 0 heterocycles. The number of hydrogen-bond donors (Lipinski definition) is 0. The largest absolute Gasteiger partial charge is 4.00 e. The van der Waals surface area contributed by atoms with Gasteiger partial charge in [0.2, 0.25) is 0 Å². The maximum atomic E-state index is 2.27. The molecule has 2 aromatic carbocycles. The number of rotatable bonds is 6. The van der Waals surface area contributed by atoms with Crippen LogP contribution in [-0.4, -0.2) is 0 Å². The molecular weight excluding hydrogens is 331 g/mol. The Morgan fingerprint density at radius 2 is 1.19 bits per heavy atom. The second-order valence-electron chi connectivity index (χ2n) is 5.80. The first-order valence-corrected chi connectivity index (χ1v) is 8.10. The molecule has 0 saturated carbocycles. The predicted molar refractivity (Wildman–Crippen MR) is 93.0 cm³/mol. The molecule has 0 bridgehead atoms. The Hall–Kier alpha value is -0.417. The monoisotopic (exact) mass is 362 g/mol. The molecule has 2 aromatic rings. The van der Waals surface area contributed by atoms with Gasteiger partial charge in [-0.3, -0.25) is 0 Å². The third-order valence-corrected chi connectivity index (χ3v) is 3.58. The summed E-state index contributed by atoms with van der Waals surface area (Å²) in [5, 5.41) is 0. The Morgan fingerprint density at radius 1 is 0.810 bits per heavy atom. The van der Waals surface area contributed by atoms with Gasteiger partial charge in [-0.2, -0.15) is 35.4 Å². The molecule has 0 spiro atoms. The molecule has 0 aliphatic carbocycles. The van der Waals surface area contributed by atoms with Gasteiger partial charge in [-0.05, 0) is 0 Å². The van der Waals surface area contributed by atoms with Crippen LogP contribution in [0.3, 0.4) is 0 Å². The van der Waals surface area contributed by atoms with E-state index in [1.165, 1.54) is 60.8 Å². The third kappa shape index (κ3) is 9.25. The van der Waals surface area contributed by atoms with Gasteiger partial charge in [0.1, 0.15) is 0 Å². The van der Waals surface area contributed by atoms with Gasteiger partial charge >= 0.3 is 26.2 Å². The van der Waals surface area contributed by atoms with Crippen molar-refractivity contribution in [2.45, 2.75) is 66.2 Å². The third-order valence-electron chi connectivity index (χ3n) is 3.58. The second kappa shape index (κ2) is 12.2. The molecule has 2 rings (SSSR count). The SMILES string of the molecule is CCCC[c-]1ccc(C)c1.CCCC[c-]1ccc(C)c1.[H-].[H-].[Zr+4]. The average molecular weight is 364 g/mol. The minimum absolute atomic E-state index is 0. The van der Waals surface area contributed by atoms with Crippen molar-refractivity contribution in [3.05, 3.63) is 58.7 Å². The van der Waals surface area contributed by atoms with Crippen LogP contribution in [0.4, 0.5) is 0 Å². The number of hydrogen-bond acceptors (Lipinski definition) is 0. The Labute approximate surface area is 153 Å². The molecule has 0 atom stereocenters. The summed E-state index contributed by atoms with van der Waals surface area (Å²) in [5.74, 6) is 0. The van der Waals surface area contributed by atoms with E-state index < -0.39 is 0 Å². The van der Waals surface area contributed by atoms with Crippen LogP contribution >= 0.6 is 0 Å². The fraction of sp³-hybridized carbons (Fsp3) is 0.500. The number of aryl methyl sites for hydroxylation is 4. The van der Waals surface area contributed by atoms with Crippen LogP contribution < -0.4 is 0 Å². The van der Waals surface area contributed by atoms with E-state index in [0.29, 0.717) is 0 Å². The van der Waals surface area contributed by atoms with Crippen LogP contribution in [-0.2, 0) is 39.0 Å². The van der Waals surface area contributed by atoms with Crippen LogP contribution in [0.2, 0.25) is 0 Å². The van der Waals surface area contributed by atoms with E-state index >= 15 is 0 Å². The van der Waals surface area contributed by atoms with Gasteiger partial charge in [0.05, 0.1) is 0 Å². The Bertz CT molecular complexity index is 427. The Morgan fingerprint density at radius 3 is 1.43 bits per heavy atom. The van der Waals surface area contributed by atoms with Crippen LogP contribution in [0.5, 0.6) is 0 Å². The van der Waals surface area contributed by atoms with Gasteiger partial charge in [0.15, 0.2) is 0 Å². The van der Waals surface area contributed by atoms with Crippen molar-refractivity contribution in [2.75, 3.05) is 0 Å². The zero-order chi connectivity index (χ0) is 14.8. The van der Waals surface area contributed by atoms with Crippen molar-refractivity contribution in [3.63, 3.8) is 0 Å². The van der Waals surface area contributed by atoms with Crippen molar-refractivity contribution >= 4 is 0 Å². The van der Waals surface area contributed by atoms with Crippen LogP contribution in [0.25, 0.3) is 0 Å². The molecule has 0 amide bonds. The summed E-state index contributed by atoms with van der Waals surface area (Å²) in [7, 11) is 0. The molecule has 0 aliphatic rings. The van der Waals surface area contributed by atoms with E-state index in [9.17, 15) is 0 Å². The molecule has 0 nitrogen and oxygen atoms in total. The minimum Gasteiger partial charge on any atom is -1.00 e. The zero-order valence-corrected chi connectivity index (χ0v) is 16.7. The zero-order valence-electron chi connectivity index (χ0n) is 16.2. The van der Waals surface area contributed by atoms with Gasteiger partial charge in [-0.1, -0.05) is 66.2 Å². The van der Waals surface area contributed by atoms with Crippen LogP contribution in [0.1, 0.15) is 64.6 Å². The summed E-state index contributed by atoms with van der Waals surface area (Å²) in [6.45, 7) is 8.76. The normalized spacial score (nSPS) is 9.71. The van der Waals surface area contributed by atoms with E-state index in [-0.39, 0.29) is 29.1 Å². The summed E-state index contributed by atoms with van der Waals surface area (Å²) < 4.78 is 0. The van der Waals surface area contributed by atoms with Crippen molar-refractivity contribution < 1.29 is 29.1 Å². The molecule has 0 aromatic heterocycles. The fourth-order valence-electron chi connectivity index (χ4n) is 2.33. The van der Waals surface area contributed by atoms with Crippen molar-refractivity contribution in [2.24, 2.45) is 0 Å². The quantitative estimate of drug-likeness (QED) is 0.526. The molecule has 0 saturated heterocycles. The standard InChI is InChI=1S/2C10H15.Zr.2H/c2*1-3-4-5-10-7-6-9(2)8-10;;;/h2*6-8H,3-5H2,1-2H3;;;/q2*-1;+4;2*-1. The Balaban J connectivity index is -0.000000308. The Kier molecular flexibility index (Phi) is 11.9. The molecule has 0 aliphatic heterocycles. The summed E-state index contributed by atoms with van der Waals surface area (Å²) in [4.78, 5) is 0. The fourth-order valence-corrected chi connectivity index (χ4v) is 2.33. The van der Waals surface area contributed by atoms with E-state index in [2.05, 4.69) is 64.1 Å². The van der Waals surface area contributed by atoms with Gasteiger partial charge in [-0.15, -0.1) is 0 Å². The van der Waals surface area contributed by atoms with Gasteiger partial charge in [0.25, 0.3) is 0 Å². The summed E-state index contributed by atoms with van der Waals surface area (Å²) in [6.07, 6.45) is 7.75. The van der Waals surface area contributed by atoms with Gasteiger partial charge in [0, 0.05) is 0 Å². The topological polar surface area (TPSA) is 0 Å². The first-order chi connectivity index (χ1) is 9.65.